The van der Waals surface area contributed by atoms with Crippen molar-refractivity contribution in [3.05, 3.63) is 71.4 Å². The maximum atomic E-state index is 13.3. The number of halogens is 2. The number of benzene rings is 2. The monoisotopic (exact) mass is 407 g/mol. The summed E-state index contributed by atoms with van der Waals surface area (Å²) in [6, 6.07) is 12.4. The highest BCUT2D eigenvalue weighted by atomic mass is 19.2. The van der Waals surface area contributed by atoms with Gasteiger partial charge in [0.25, 0.3) is 5.91 Å². The Morgan fingerprint density at radius 1 is 1.10 bits per heavy atom. The van der Waals surface area contributed by atoms with Crippen LogP contribution in [0.15, 0.2) is 48.7 Å². The molecule has 1 heterocycles. The summed E-state index contributed by atoms with van der Waals surface area (Å²) < 4.78 is 32.6. The average Bonchev–Trinajstić information content (AvgIpc) is 2.76. The number of nitrogens with one attached hydrogen (secondary N) is 1. The Balaban J connectivity index is 1.37. The Hall–Kier alpha value is -3.53. The third kappa shape index (κ3) is 4.08. The number of nitriles is 1. The maximum Gasteiger partial charge on any atom is 0.251 e. The first-order chi connectivity index (χ1) is 14.5. The first-order valence-corrected chi connectivity index (χ1v) is 9.75. The van der Waals surface area contributed by atoms with E-state index in [-0.39, 0.29) is 17.7 Å². The molecule has 0 radical (unpaired) electrons. The molecule has 1 amide bonds. The van der Waals surface area contributed by atoms with Gasteiger partial charge in [0.15, 0.2) is 11.6 Å². The molecule has 1 saturated carbocycles. The van der Waals surface area contributed by atoms with Crippen molar-refractivity contribution in [2.45, 2.75) is 37.8 Å². The van der Waals surface area contributed by atoms with Crippen LogP contribution in [0.5, 0.6) is 5.75 Å². The van der Waals surface area contributed by atoms with E-state index in [9.17, 15) is 18.8 Å². The number of para-hydroxylation sites is 1. The molecular formula is C23H19F2N3O2. The Kier molecular flexibility index (Phi) is 5.57. The lowest BCUT2D eigenvalue weighted by Gasteiger charge is -2.29. The van der Waals surface area contributed by atoms with Gasteiger partial charge in [-0.05, 0) is 62.1 Å². The van der Waals surface area contributed by atoms with Crippen LogP contribution in [0.2, 0.25) is 0 Å². The summed E-state index contributed by atoms with van der Waals surface area (Å²) in [6.45, 7) is 0. The van der Waals surface area contributed by atoms with Crippen LogP contribution < -0.4 is 10.1 Å². The zero-order valence-corrected chi connectivity index (χ0v) is 16.1. The highest BCUT2D eigenvalue weighted by molar-refractivity contribution is 5.94. The van der Waals surface area contributed by atoms with E-state index in [0.29, 0.717) is 29.7 Å². The Bertz CT molecular complexity index is 1130. The van der Waals surface area contributed by atoms with Gasteiger partial charge in [-0.2, -0.15) is 5.26 Å². The normalized spacial score (nSPS) is 18.6. The van der Waals surface area contributed by atoms with Gasteiger partial charge in [-0.25, -0.2) is 8.78 Å². The van der Waals surface area contributed by atoms with Crippen molar-refractivity contribution in [1.29, 1.82) is 5.26 Å². The number of pyridine rings is 1. The molecule has 0 spiro atoms. The zero-order chi connectivity index (χ0) is 21.1. The summed E-state index contributed by atoms with van der Waals surface area (Å²) in [5.74, 6) is -1.74. The van der Waals surface area contributed by atoms with Gasteiger partial charge in [0.2, 0.25) is 0 Å². The van der Waals surface area contributed by atoms with Crippen molar-refractivity contribution < 1.29 is 18.3 Å². The van der Waals surface area contributed by atoms with E-state index in [0.717, 1.165) is 30.4 Å². The van der Waals surface area contributed by atoms with Crippen molar-refractivity contribution in [2.75, 3.05) is 0 Å². The van der Waals surface area contributed by atoms with Crippen molar-refractivity contribution in [1.82, 2.24) is 10.3 Å². The second kappa shape index (κ2) is 8.46. The molecule has 1 aromatic heterocycles. The molecule has 0 unspecified atom stereocenters. The lowest BCUT2D eigenvalue weighted by atomic mass is 9.92. The topological polar surface area (TPSA) is 75.0 Å². The van der Waals surface area contributed by atoms with Gasteiger partial charge in [-0.15, -0.1) is 0 Å². The fourth-order valence-corrected chi connectivity index (χ4v) is 3.75. The molecule has 4 rings (SSSR count). The van der Waals surface area contributed by atoms with Crippen LogP contribution in [0.25, 0.3) is 10.9 Å². The van der Waals surface area contributed by atoms with Crippen LogP contribution in [0, 0.1) is 23.0 Å². The molecule has 1 aliphatic carbocycles. The third-order valence-corrected chi connectivity index (χ3v) is 5.34. The van der Waals surface area contributed by atoms with Crippen LogP contribution >= 0.6 is 0 Å². The smallest absolute Gasteiger partial charge is 0.251 e. The quantitative estimate of drug-likeness (QED) is 0.691. The Morgan fingerprint density at radius 3 is 2.63 bits per heavy atom. The molecule has 3 aromatic rings. The van der Waals surface area contributed by atoms with Crippen molar-refractivity contribution >= 4 is 16.8 Å². The van der Waals surface area contributed by atoms with E-state index in [2.05, 4.69) is 16.4 Å². The minimum Gasteiger partial charge on any atom is -0.490 e. The summed E-state index contributed by atoms with van der Waals surface area (Å²) in [6.07, 6.45) is 4.53. The number of carbonyl (C=O) groups excluding carboxylic acids is 1. The fraction of sp³-hybridized carbons (Fsp3) is 0.261. The summed E-state index contributed by atoms with van der Waals surface area (Å²) in [4.78, 5) is 16.6. The third-order valence-electron chi connectivity index (χ3n) is 5.34. The second-order valence-corrected chi connectivity index (χ2v) is 7.32. The number of carbonyl (C=O) groups is 1. The number of hydrogen-bond donors (Lipinski definition) is 1. The number of ether oxygens (including phenoxy) is 1. The van der Waals surface area contributed by atoms with Gasteiger partial charge in [0, 0.05) is 23.2 Å². The second-order valence-electron chi connectivity index (χ2n) is 7.32. The van der Waals surface area contributed by atoms with Crippen LogP contribution in [0.4, 0.5) is 8.78 Å². The van der Waals surface area contributed by atoms with E-state index in [4.69, 9.17) is 4.74 Å². The molecular weight excluding hydrogens is 388 g/mol. The van der Waals surface area contributed by atoms with Crippen molar-refractivity contribution in [3.63, 3.8) is 0 Å². The Labute approximate surface area is 172 Å². The van der Waals surface area contributed by atoms with Gasteiger partial charge in [-0.3, -0.25) is 9.78 Å². The zero-order valence-electron chi connectivity index (χ0n) is 16.1. The molecule has 2 aromatic carbocycles. The SMILES string of the molecule is N#Cc1cccc2c(O[C@H]3CC[C@H](NC(=O)c4ccc(F)c(F)c4)CC3)ccnc12. The molecule has 0 atom stereocenters. The number of fused-ring (bicyclic) bond motifs is 1. The number of amides is 1. The number of hydrogen-bond acceptors (Lipinski definition) is 4. The maximum absolute atomic E-state index is 13.3. The molecule has 0 saturated heterocycles. The van der Waals surface area contributed by atoms with Crippen molar-refractivity contribution in [3.8, 4) is 11.8 Å². The number of rotatable bonds is 4. The number of nitrogens with zero attached hydrogens (tertiary/aromatic N) is 2. The number of aromatic nitrogens is 1. The molecule has 1 N–H and O–H groups in total. The summed E-state index contributed by atoms with van der Waals surface area (Å²) in [5, 5.41) is 12.9. The van der Waals surface area contributed by atoms with E-state index in [1.165, 1.54) is 6.07 Å². The minimum absolute atomic E-state index is 0.0160. The van der Waals surface area contributed by atoms with Crippen LogP contribution in [-0.2, 0) is 0 Å². The predicted octanol–water partition coefficient (Wildman–Crippen LogP) is 4.50. The predicted molar refractivity (Wildman–Crippen MR) is 107 cm³/mol. The van der Waals surface area contributed by atoms with Gasteiger partial charge in [-0.1, -0.05) is 6.07 Å². The van der Waals surface area contributed by atoms with Gasteiger partial charge < -0.3 is 10.1 Å². The largest absolute Gasteiger partial charge is 0.490 e. The summed E-state index contributed by atoms with van der Waals surface area (Å²) in [7, 11) is 0. The lowest BCUT2D eigenvalue weighted by molar-refractivity contribution is 0.0894. The standard InChI is InChI=1S/C23H19F2N3O2/c24-19-9-4-14(12-20(19)25)23(29)28-16-5-7-17(8-6-16)30-21-10-11-27-22-15(13-26)2-1-3-18(21)22/h1-4,9-12,16-17H,5-8H2,(H,28,29)/t16-,17-. The molecule has 1 aliphatic rings. The average molecular weight is 407 g/mol. The first kappa shape index (κ1) is 19.8. The highest BCUT2D eigenvalue weighted by Gasteiger charge is 2.25. The van der Waals surface area contributed by atoms with Crippen LogP contribution in [-0.4, -0.2) is 23.0 Å². The molecule has 7 heteroatoms. The molecule has 0 bridgehead atoms. The fourth-order valence-electron chi connectivity index (χ4n) is 3.75. The van der Waals surface area contributed by atoms with E-state index in [1.54, 1.807) is 24.4 Å². The van der Waals surface area contributed by atoms with E-state index in [1.807, 2.05) is 6.07 Å². The van der Waals surface area contributed by atoms with Gasteiger partial charge >= 0.3 is 0 Å². The van der Waals surface area contributed by atoms with Gasteiger partial charge in [0.05, 0.1) is 17.2 Å². The summed E-state index contributed by atoms with van der Waals surface area (Å²) >= 11 is 0. The molecule has 0 aliphatic heterocycles. The highest BCUT2D eigenvalue weighted by Crippen LogP contribution is 2.30. The van der Waals surface area contributed by atoms with E-state index >= 15 is 0 Å². The summed E-state index contributed by atoms with van der Waals surface area (Å²) in [5.41, 5.74) is 1.22. The van der Waals surface area contributed by atoms with Crippen LogP contribution in [0.1, 0.15) is 41.6 Å². The van der Waals surface area contributed by atoms with E-state index < -0.39 is 17.5 Å². The van der Waals surface area contributed by atoms with Crippen LogP contribution in [0.3, 0.4) is 0 Å². The Morgan fingerprint density at radius 2 is 1.90 bits per heavy atom. The van der Waals surface area contributed by atoms with Crippen molar-refractivity contribution in [2.24, 2.45) is 0 Å². The molecule has 5 nitrogen and oxygen atoms in total. The molecule has 30 heavy (non-hydrogen) atoms. The molecule has 1 fully saturated rings. The first-order valence-electron chi connectivity index (χ1n) is 9.75. The molecule has 152 valence electrons. The minimum atomic E-state index is -1.04. The van der Waals surface area contributed by atoms with Gasteiger partial charge in [0.1, 0.15) is 11.8 Å². The lowest BCUT2D eigenvalue weighted by Crippen LogP contribution is -2.39.